The zero-order valence-corrected chi connectivity index (χ0v) is 21.8. The first-order valence-electron chi connectivity index (χ1n) is 12.7. The fourth-order valence-electron chi connectivity index (χ4n) is 4.65. The largest absolute Gasteiger partial charge is 0.343 e. The minimum atomic E-state index is -3.30. The maximum Gasteiger partial charge on any atom is 0.243 e. The van der Waals surface area contributed by atoms with Crippen LogP contribution >= 0.6 is 11.6 Å². The van der Waals surface area contributed by atoms with E-state index in [0.717, 1.165) is 44.7 Å². The van der Waals surface area contributed by atoms with E-state index in [0.29, 0.717) is 34.5 Å². The van der Waals surface area contributed by atoms with Crippen molar-refractivity contribution in [1.82, 2.24) is 14.5 Å². The monoisotopic (exact) mass is 497 g/mol. The zero-order chi connectivity index (χ0) is 23.9. The number of piperidine rings is 2. The van der Waals surface area contributed by atoms with E-state index < -0.39 is 10.0 Å². The zero-order valence-electron chi connectivity index (χ0n) is 20.2. The first-order chi connectivity index (χ1) is 15.9. The highest BCUT2D eigenvalue weighted by Crippen LogP contribution is 2.35. The standard InChI is InChI=1S/C12H20N2O.C11H14ClNO2S.C2H6/c15-11(9-10-1-2-10)14-7-4-12(5-8-14)3-6-13-12;12-10-4-6-11(7-5-10)16(14,15)13-8-2-1-3-9-13;1-2/h10,13H,1-9H2;4-7H,1-3,8-9H2;1-2H3. The second kappa shape index (κ2) is 12.0. The lowest BCUT2D eigenvalue weighted by atomic mass is 9.79. The highest BCUT2D eigenvalue weighted by atomic mass is 35.5. The van der Waals surface area contributed by atoms with Crippen LogP contribution in [0.1, 0.15) is 71.6 Å². The molecule has 1 N–H and O–H groups in total. The second-order valence-corrected chi connectivity index (χ2v) is 11.8. The lowest BCUT2D eigenvalue weighted by Crippen LogP contribution is -2.62. The Morgan fingerprint density at radius 1 is 1.00 bits per heavy atom. The van der Waals surface area contributed by atoms with E-state index in [1.807, 2.05) is 13.8 Å². The van der Waals surface area contributed by atoms with Gasteiger partial charge in [-0.15, -0.1) is 0 Å². The van der Waals surface area contributed by atoms with E-state index in [-0.39, 0.29) is 0 Å². The number of amides is 1. The number of nitrogens with zero attached hydrogens (tertiary/aromatic N) is 2. The maximum absolute atomic E-state index is 12.2. The van der Waals surface area contributed by atoms with Crippen molar-refractivity contribution in [2.75, 3.05) is 32.7 Å². The summed E-state index contributed by atoms with van der Waals surface area (Å²) < 4.78 is 25.9. The molecule has 4 fully saturated rings. The summed E-state index contributed by atoms with van der Waals surface area (Å²) in [5.41, 5.74) is 0.427. The van der Waals surface area contributed by atoms with Crippen molar-refractivity contribution < 1.29 is 13.2 Å². The normalized spacial score (nSPS) is 22.3. The predicted octanol–water partition coefficient (Wildman–Crippen LogP) is 4.68. The number of carbonyl (C=O) groups excluding carboxylic acids is 1. The summed E-state index contributed by atoms with van der Waals surface area (Å²) in [5.74, 6) is 1.14. The predicted molar refractivity (Wildman–Crippen MR) is 134 cm³/mol. The fraction of sp³-hybridized carbons (Fsp3) is 0.720. The van der Waals surface area contributed by atoms with Crippen LogP contribution in [0.4, 0.5) is 0 Å². The lowest BCUT2D eigenvalue weighted by molar-refractivity contribution is -0.133. The number of halogens is 1. The number of hydrogen-bond donors (Lipinski definition) is 1. The number of hydrogen-bond acceptors (Lipinski definition) is 4. The number of likely N-dealkylation sites (tertiary alicyclic amines) is 1. The average molecular weight is 498 g/mol. The molecule has 1 aromatic carbocycles. The quantitative estimate of drug-likeness (QED) is 0.655. The van der Waals surface area contributed by atoms with Gasteiger partial charge in [0.25, 0.3) is 0 Å². The molecule has 1 saturated carbocycles. The van der Waals surface area contributed by atoms with Crippen LogP contribution in [-0.4, -0.2) is 61.8 Å². The van der Waals surface area contributed by atoms with Crippen molar-refractivity contribution >= 4 is 27.5 Å². The van der Waals surface area contributed by atoms with E-state index in [9.17, 15) is 13.2 Å². The number of carbonyl (C=O) groups is 1. The van der Waals surface area contributed by atoms with Crippen LogP contribution in [0.3, 0.4) is 0 Å². The van der Waals surface area contributed by atoms with Crippen molar-refractivity contribution in [1.29, 1.82) is 0 Å². The highest BCUT2D eigenvalue weighted by molar-refractivity contribution is 7.89. The van der Waals surface area contributed by atoms with E-state index in [1.54, 1.807) is 28.6 Å². The molecular formula is C25H40ClN3O3S. The van der Waals surface area contributed by atoms with Gasteiger partial charge >= 0.3 is 0 Å². The Morgan fingerprint density at radius 2 is 1.58 bits per heavy atom. The molecule has 0 bridgehead atoms. The summed E-state index contributed by atoms with van der Waals surface area (Å²) >= 11 is 5.74. The maximum atomic E-state index is 12.2. The third-order valence-electron chi connectivity index (χ3n) is 7.10. The van der Waals surface area contributed by atoms with Gasteiger partial charge in [-0.3, -0.25) is 4.79 Å². The summed E-state index contributed by atoms with van der Waals surface area (Å²) in [6.07, 6.45) is 10.1. The third kappa shape index (κ3) is 7.17. The highest BCUT2D eigenvalue weighted by Gasteiger charge is 2.40. The van der Waals surface area contributed by atoms with Crippen LogP contribution in [0, 0.1) is 5.92 Å². The van der Waals surface area contributed by atoms with Crippen molar-refractivity contribution in [2.45, 2.75) is 82.1 Å². The van der Waals surface area contributed by atoms with Crippen molar-refractivity contribution in [3.8, 4) is 0 Å². The van der Waals surface area contributed by atoms with Crippen LogP contribution < -0.4 is 5.32 Å². The molecule has 1 aliphatic carbocycles. The Labute approximate surface area is 205 Å². The van der Waals surface area contributed by atoms with Gasteiger partial charge in [-0.25, -0.2) is 8.42 Å². The van der Waals surface area contributed by atoms with E-state index in [4.69, 9.17) is 11.6 Å². The molecule has 1 amide bonds. The smallest absolute Gasteiger partial charge is 0.243 e. The van der Waals surface area contributed by atoms with Crippen molar-refractivity contribution in [3.63, 3.8) is 0 Å². The summed E-state index contributed by atoms with van der Waals surface area (Å²) in [6.45, 7) is 8.41. The molecule has 8 heteroatoms. The minimum Gasteiger partial charge on any atom is -0.343 e. The summed E-state index contributed by atoms with van der Waals surface area (Å²) in [5, 5.41) is 4.09. The van der Waals surface area contributed by atoms with Crippen LogP contribution in [0.2, 0.25) is 5.02 Å². The molecule has 3 aliphatic heterocycles. The molecule has 0 aromatic heterocycles. The molecule has 0 radical (unpaired) electrons. The molecule has 3 saturated heterocycles. The molecule has 6 nitrogen and oxygen atoms in total. The topological polar surface area (TPSA) is 69.7 Å². The first-order valence-corrected chi connectivity index (χ1v) is 14.5. The van der Waals surface area contributed by atoms with Crippen LogP contribution in [0.25, 0.3) is 0 Å². The molecule has 4 aliphatic rings. The van der Waals surface area contributed by atoms with Gasteiger partial charge in [0.15, 0.2) is 0 Å². The van der Waals surface area contributed by atoms with E-state index in [1.165, 1.54) is 38.6 Å². The Bertz CT molecular complexity index is 851. The minimum absolute atomic E-state index is 0.332. The Morgan fingerprint density at radius 3 is 2.06 bits per heavy atom. The summed E-state index contributed by atoms with van der Waals surface area (Å²) in [4.78, 5) is 14.3. The Kier molecular flexibility index (Phi) is 9.62. The summed E-state index contributed by atoms with van der Waals surface area (Å²) in [7, 11) is -3.30. The molecular weight excluding hydrogens is 458 g/mol. The van der Waals surface area contributed by atoms with Gasteiger partial charge in [-0.05, 0) is 81.7 Å². The molecule has 33 heavy (non-hydrogen) atoms. The second-order valence-electron chi connectivity index (χ2n) is 9.40. The Balaban J connectivity index is 0.000000173. The molecule has 0 unspecified atom stereocenters. The average Bonchev–Trinajstić information content (AvgIpc) is 3.65. The molecule has 186 valence electrons. The molecule has 3 heterocycles. The van der Waals surface area contributed by atoms with E-state index in [2.05, 4.69) is 10.2 Å². The van der Waals surface area contributed by atoms with Gasteiger partial charge in [0.2, 0.25) is 15.9 Å². The van der Waals surface area contributed by atoms with Crippen LogP contribution in [0.5, 0.6) is 0 Å². The molecule has 5 rings (SSSR count). The lowest BCUT2D eigenvalue weighted by Gasteiger charge is -2.49. The number of nitrogens with one attached hydrogen (secondary N) is 1. The van der Waals surface area contributed by atoms with Crippen LogP contribution in [0.15, 0.2) is 29.2 Å². The third-order valence-corrected chi connectivity index (χ3v) is 9.27. The number of sulfonamides is 1. The van der Waals surface area contributed by atoms with Crippen molar-refractivity contribution in [3.05, 3.63) is 29.3 Å². The van der Waals surface area contributed by atoms with Gasteiger partial charge in [0.1, 0.15) is 0 Å². The van der Waals surface area contributed by atoms with Gasteiger partial charge in [-0.1, -0.05) is 31.9 Å². The van der Waals surface area contributed by atoms with Gasteiger partial charge in [0, 0.05) is 43.2 Å². The van der Waals surface area contributed by atoms with Gasteiger partial charge in [-0.2, -0.15) is 4.31 Å². The van der Waals surface area contributed by atoms with Crippen LogP contribution in [-0.2, 0) is 14.8 Å². The molecule has 0 atom stereocenters. The fourth-order valence-corrected chi connectivity index (χ4v) is 6.29. The van der Waals surface area contributed by atoms with E-state index >= 15 is 0 Å². The molecule has 1 aromatic rings. The number of benzene rings is 1. The summed E-state index contributed by atoms with van der Waals surface area (Å²) in [6, 6.07) is 6.34. The van der Waals surface area contributed by atoms with Gasteiger partial charge < -0.3 is 10.2 Å². The Hall–Kier alpha value is -1.15. The number of rotatable bonds is 4. The first kappa shape index (κ1) is 26.5. The SMILES string of the molecule is CC.O=C(CC1CC1)N1CCC2(CCN2)CC1.O=S(=O)(c1ccc(Cl)cc1)N1CCCCC1. The van der Waals surface area contributed by atoms with Crippen molar-refractivity contribution in [2.24, 2.45) is 5.92 Å². The van der Waals surface area contributed by atoms with Gasteiger partial charge in [0.05, 0.1) is 4.90 Å². The molecule has 1 spiro atoms.